The fraction of sp³-hybridized carbons (Fsp3) is 0.214. The van der Waals surface area contributed by atoms with Crippen LogP contribution in [0.5, 0.6) is 5.75 Å². The second-order valence-electron chi connectivity index (χ2n) is 8.47. The first kappa shape index (κ1) is 22.3. The number of thioether (sulfide) groups is 1. The second-order valence-corrected chi connectivity index (χ2v) is 9.48. The Morgan fingerprint density at radius 1 is 0.912 bits per heavy atom. The van der Waals surface area contributed by atoms with E-state index in [4.69, 9.17) is 4.74 Å². The van der Waals surface area contributed by atoms with Gasteiger partial charge in [0, 0.05) is 31.9 Å². The fourth-order valence-electron chi connectivity index (χ4n) is 4.07. The zero-order valence-electron chi connectivity index (χ0n) is 19.2. The Balaban J connectivity index is 1.16. The van der Waals surface area contributed by atoms with Crippen LogP contribution in [0.3, 0.4) is 0 Å². The van der Waals surface area contributed by atoms with Crippen LogP contribution in [0, 0.1) is 6.92 Å². The molecular formula is C28H27N3O2S. The van der Waals surface area contributed by atoms with Gasteiger partial charge in [-0.15, -0.1) is 0 Å². The molecule has 0 spiro atoms. The third kappa shape index (κ3) is 5.34. The number of amides is 1. The van der Waals surface area contributed by atoms with Gasteiger partial charge in [0.25, 0.3) is 5.91 Å². The van der Waals surface area contributed by atoms with Crippen LogP contribution in [0.2, 0.25) is 0 Å². The number of hydrogen-bond donors (Lipinski definition) is 0. The van der Waals surface area contributed by atoms with Crippen molar-refractivity contribution in [3.8, 4) is 5.75 Å². The number of nitrogens with zero attached hydrogens (tertiary/aromatic N) is 3. The molecule has 1 amide bonds. The minimum Gasteiger partial charge on any atom is -0.489 e. The van der Waals surface area contributed by atoms with Gasteiger partial charge in [0.15, 0.2) is 5.17 Å². The summed E-state index contributed by atoms with van der Waals surface area (Å²) in [5.41, 5.74) is 4.62. The highest BCUT2D eigenvalue weighted by molar-refractivity contribution is 8.18. The molecule has 3 aromatic carbocycles. The summed E-state index contributed by atoms with van der Waals surface area (Å²) in [7, 11) is 0. The Morgan fingerprint density at radius 2 is 1.65 bits per heavy atom. The summed E-state index contributed by atoms with van der Waals surface area (Å²) in [6, 6.07) is 26.5. The van der Waals surface area contributed by atoms with E-state index in [0.29, 0.717) is 11.5 Å². The minimum absolute atomic E-state index is 0.162. The summed E-state index contributed by atoms with van der Waals surface area (Å²) in [6.45, 7) is 6.20. The maximum absolute atomic E-state index is 12.5. The largest absolute Gasteiger partial charge is 0.489 e. The average molecular weight is 470 g/mol. The van der Waals surface area contributed by atoms with Crippen molar-refractivity contribution in [1.82, 2.24) is 4.90 Å². The highest BCUT2D eigenvalue weighted by Gasteiger charge is 2.28. The van der Waals surface area contributed by atoms with E-state index < -0.39 is 0 Å². The summed E-state index contributed by atoms with van der Waals surface area (Å²) in [5.74, 6) is 0.644. The molecule has 0 N–H and O–H groups in total. The molecule has 0 atom stereocenters. The van der Waals surface area contributed by atoms with Gasteiger partial charge in [0.1, 0.15) is 12.4 Å². The van der Waals surface area contributed by atoms with Gasteiger partial charge in [-0.05, 0) is 65.7 Å². The lowest BCUT2D eigenvalue weighted by molar-refractivity contribution is -0.113. The van der Waals surface area contributed by atoms with Crippen molar-refractivity contribution in [1.29, 1.82) is 0 Å². The lowest BCUT2D eigenvalue weighted by atomic mass is 10.2. The molecule has 0 radical (unpaired) electrons. The summed E-state index contributed by atoms with van der Waals surface area (Å²) in [4.78, 5) is 22.2. The molecule has 0 aromatic heterocycles. The van der Waals surface area contributed by atoms with E-state index in [1.807, 2.05) is 60.7 Å². The van der Waals surface area contributed by atoms with Crippen LogP contribution < -0.4 is 9.64 Å². The summed E-state index contributed by atoms with van der Waals surface area (Å²) in [6.07, 6.45) is 1.91. The molecule has 3 aromatic rings. The molecule has 2 heterocycles. The van der Waals surface area contributed by atoms with E-state index in [0.717, 1.165) is 48.2 Å². The van der Waals surface area contributed by atoms with E-state index in [9.17, 15) is 4.79 Å². The van der Waals surface area contributed by atoms with E-state index >= 15 is 0 Å². The number of aryl methyl sites for hydroxylation is 1. The predicted octanol–water partition coefficient (Wildman–Crippen LogP) is 5.37. The SMILES string of the molecule is Cc1cccc(N2CCN(C3=NC(=O)/C(=C\c4ccc(OCc5ccccc5)cc4)S3)CC2)c1. The van der Waals surface area contributed by atoms with Crippen molar-refractivity contribution in [3.05, 3.63) is 100 Å². The maximum atomic E-state index is 12.5. The first-order chi connectivity index (χ1) is 16.6. The topological polar surface area (TPSA) is 45.1 Å². The number of carbonyl (C=O) groups excluding carboxylic acids is 1. The number of amidine groups is 1. The van der Waals surface area contributed by atoms with Crippen LogP contribution in [0.25, 0.3) is 6.08 Å². The zero-order chi connectivity index (χ0) is 23.3. The number of rotatable bonds is 5. The molecule has 1 fully saturated rings. The van der Waals surface area contributed by atoms with E-state index in [1.54, 1.807) is 0 Å². The summed E-state index contributed by atoms with van der Waals surface area (Å²) >= 11 is 1.47. The lowest BCUT2D eigenvalue weighted by Gasteiger charge is -2.36. The molecule has 34 heavy (non-hydrogen) atoms. The van der Waals surface area contributed by atoms with Crippen LogP contribution in [-0.4, -0.2) is 42.2 Å². The summed E-state index contributed by atoms with van der Waals surface area (Å²) in [5, 5.41) is 0.808. The molecule has 5 rings (SSSR count). The van der Waals surface area contributed by atoms with Crippen LogP contribution in [0.15, 0.2) is 88.8 Å². The van der Waals surface area contributed by atoms with Crippen molar-refractivity contribution in [3.63, 3.8) is 0 Å². The molecule has 2 aliphatic heterocycles. The Hall–Kier alpha value is -3.51. The van der Waals surface area contributed by atoms with E-state index in [-0.39, 0.29) is 5.91 Å². The number of anilines is 1. The zero-order valence-corrected chi connectivity index (χ0v) is 20.0. The van der Waals surface area contributed by atoms with Crippen molar-refractivity contribution >= 4 is 34.6 Å². The van der Waals surface area contributed by atoms with Gasteiger partial charge in [0.2, 0.25) is 0 Å². The molecule has 0 bridgehead atoms. The number of benzene rings is 3. The molecule has 0 unspecified atom stereocenters. The second kappa shape index (κ2) is 10.2. The quantitative estimate of drug-likeness (QED) is 0.471. The predicted molar refractivity (Wildman–Crippen MR) is 140 cm³/mol. The molecule has 2 aliphatic rings. The van der Waals surface area contributed by atoms with Crippen LogP contribution in [0.4, 0.5) is 5.69 Å². The Kier molecular flexibility index (Phi) is 6.67. The molecule has 172 valence electrons. The van der Waals surface area contributed by atoms with Crippen LogP contribution in [-0.2, 0) is 11.4 Å². The van der Waals surface area contributed by atoms with Crippen LogP contribution in [0.1, 0.15) is 16.7 Å². The molecule has 0 saturated carbocycles. The minimum atomic E-state index is -0.162. The Morgan fingerprint density at radius 3 is 2.38 bits per heavy atom. The monoisotopic (exact) mass is 469 g/mol. The first-order valence-corrected chi connectivity index (χ1v) is 12.3. The molecule has 0 aliphatic carbocycles. The average Bonchev–Trinajstić information content (AvgIpc) is 3.24. The number of carbonyl (C=O) groups is 1. The van der Waals surface area contributed by atoms with Gasteiger partial charge in [0.05, 0.1) is 4.91 Å². The standard InChI is InChI=1S/C28H27N3O2S/c1-21-6-5-9-24(18-21)30-14-16-31(17-15-30)28-29-27(32)26(34-28)19-22-10-12-25(13-11-22)33-20-23-7-3-2-4-8-23/h2-13,18-19H,14-17,20H2,1H3/b26-19+. The smallest absolute Gasteiger partial charge is 0.286 e. The fourth-order valence-corrected chi connectivity index (χ4v) is 5.03. The molecule has 6 heteroatoms. The Labute approximate surface area is 204 Å². The number of hydrogen-bond acceptors (Lipinski definition) is 5. The van der Waals surface area contributed by atoms with Crippen LogP contribution >= 0.6 is 11.8 Å². The third-order valence-electron chi connectivity index (χ3n) is 5.95. The van der Waals surface area contributed by atoms with Gasteiger partial charge in [-0.25, -0.2) is 0 Å². The maximum Gasteiger partial charge on any atom is 0.286 e. The van der Waals surface area contributed by atoms with Crippen molar-refractivity contribution in [2.75, 3.05) is 31.1 Å². The lowest BCUT2D eigenvalue weighted by Crippen LogP contribution is -2.47. The number of ether oxygens (including phenoxy) is 1. The van der Waals surface area contributed by atoms with Crippen molar-refractivity contribution < 1.29 is 9.53 Å². The van der Waals surface area contributed by atoms with E-state index in [1.165, 1.54) is 23.0 Å². The van der Waals surface area contributed by atoms with Crippen molar-refractivity contribution in [2.24, 2.45) is 4.99 Å². The number of aliphatic imine (C=N–C) groups is 1. The highest BCUT2D eigenvalue weighted by atomic mass is 32.2. The highest BCUT2D eigenvalue weighted by Crippen LogP contribution is 2.31. The molecule has 1 saturated heterocycles. The number of piperazine rings is 1. The van der Waals surface area contributed by atoms with Gasteiger partial charge < -0.3 is 14.5 Å². The third-order valence-corrected chi connectivity index (χ3v) is 7.00. The van der Waals surface area contributed by atoms with Gasteiger partial charge in [-0.3, -0.25) is 4.79 Å². The van der Waals surface area contributed by atoms with Gasteiger partial charge in [-0.2, -0.15) is 4.99 Å². The van der Waals surface area contributed by atoms with Crippen molar-refractivity contribution in [2.45, 2.75) is 13.5 Å². The van der Waals surface area contributed by atoms with Gasteiger partial charge in [-0.1, -0.05) is 54.6 Å². The molecule has 5 nitrogen and oxygen atoms in total. The van der Waals surface area contributed by atoms with E-state index in [2.05, 4.69) is 46.0 Å². The van der Waals surface area contributed by atoms with Gasteiger partial charge >= 0.3 is 0 Å². The first-order valence-electron chi connectivity index (χ1n) is 11.5. The molecular weight excluding hydrogens is 442 g/mol. The summed E-state index contributed by atoms with van der Waals surface area (Å²) < 4.78 is 5.86. The Bertz CT molecular complexity index is 1210. The normalized spacial score (nSPS) is 17.3.